The van der Waals surface area contributed by atoms with Gasteiger partial charge in [-0.2, -0.15) is 0 Å². The number of ether oxygens (including phenoxy) is 1. The molecule has 28 heavy (non-hydrogen) atoms. The molecule has 1 heterocycles. The van der Waals surface area contributed by atoms with Crippen LogP contribution in [0.1, 0.15) is 11.1 Å². The fraction of sp³-hybridized carbons (Fsp3) is 0.227. The molecule has 0 aliphatic heterocycles. The van der Waals surface area contributed by atoms with Crippen molar-refractivity contribution in [1.82, 2.24) is 15.2 Å². The molecule has 5 nitrogen and oxygen atoms in total. The zero-order valence-electron chi connectivity index (χ0n) is 16.0. The largest absolute Gasteiger partial charge is 0.489 e. The number of aliphatic imine (C=N–C) groups is 1. The average molecular weight is 490 g/mol. The normalized spacial score (nSPS) is 10.8. The summed E-state index contributed by atoms with van der Waals surface area (Å²) in [7, 11) is 1.79. The number of para-hydroxylation sites is 1. The van der Waals surface area contributed by atoms with Gasteiger partial charge in [0.1, 0.15) is 12.4 Å². The van der Waals surface area contributed by atoms with E-state index in [0.29, 0.717) is 13.2 Å². The molecule has 0 atom stereocenters. The molecule has 6 heteroatoms. The molecule has 2 N–H and O–H groups in total. The van der Waals surface area contributed by atoms with Gasteiger partial charge >= 0.3 is 0 Å². The molecule has 1 aromatic heterocycles. The van der Waals surface area contributed by atoms with E-state index < -0.39 is 0 Å². The number of nitrogens with zero attached hydrogens (tertiary/aromatic N) is 2. The van der Waals surface area contributed by atoms with E-state index in [1.54, 1.807) is 7.05 Å². The number of benzene rings is 2. The molecule has 0 unspecified atom stereocenters. The summed E-state index contributed by atoms with van der Waals surface area (Å²) in [5, 5.41) is 6.72. The average Bonchev–Trinajstić information content (AvgIpc) is 3.24. The number of hydrogen-bond acceptors (Lipinski definition) is 2. The summed E-state index contributed by atoms with van der Waals surface area (Å²) in [6.07, 6.45) is 4.11. The van der Waals surface area contributed by atoms with Gasteiger partial charge in [0.25, 0.3) is 0 Å². The Morgan fingerprint density at radius 1 is 0.893 bits per heavy atom. The van der Waals surface area contributed by atoms with Crippen molar-refractivity contribution >= 4 is 29.9 Å². The van der Waals surface area contributed by atoms with E-state index in [2.05, 4.69) is 44.7 Å². The van der Waals surface area contributed by atoms with Gasteiger partial charge in [0.2, 0.25) is 0 Å². The molecule has 2 aromatic carbocycles. The maximum absolute atomic E-state index is 5.90. The minimum absolute atomic E-state index is 0. The van der Waals surface area contributed by atoms with Crippen LogP contribution in [0, 0.1) is 0 Å². The Morgan fingerprint density at radius 2 is 1.57 bits per heavy atom. The standard InChI is InChI=1S/C22H26N4O.HI/c1-23-22(24-13-16-26-14-7-8-15-26)25-17-19-9-5-6-10-20(19)18-27-21-11-3-2-4-12-21;/h2-12,14-15H,13,16-18H2,1H3,(H2,23,24,25);1H. The van der Waals surface area contributed by atoms with Crippen molar-refractivity contribution in [1.29, 1.82) is 0 Å². The SMILES string of the molecule is CN=C(NCCn1cccc1)NCc1ccccc1COc1ccccc1.I. The Balaban J connectivity index is 0.00000280. The summed E-state index contributed by atoms with van der Waals surface area (Å²) in [4.78, 5) is 4.30. The summed E-state index contributed by atoms with van der Waals surface area (Å²) < 4.78 is 8.03. The van der Waals surface area contributed by atoms with E-state index in [1.165, 1.54) is 5.56 Å². The maximum atomic E-state index is 5.90. The fourth-order valence-electron chi connectivity index (χ4n) is 2.77. The van der Waals surface area contributed by atoms with E-state index in [4.69, 9.17) is 4.74 Å². The lowest BCUT2D eigenvalue weighted by molar-refractivity contribution is 0.305. The van der Waals surface area contributed by atoms with Gasteiger partial charge in [0.15, 0.2) is 5.96 Å². The fourth-order valence-corrected chi connectivity index (χ4v) is 2.77. The van der Waals surface area contributed by atoms with Crippen LogP contribution in [-0.2, 0) is 19.7 Å². The molecule has 0 aliphatic rings. The van der Waals surface area contributed by atoms with Crippen LogP contribution in [0.3, 0.4) is 0 Å². The Labute approximate surface area is 183 Å². The number of rotatable bonds is 8. The summed E-state index contributed by atoms with van der Waals surface area (Å²) in [6.45, 7) is 2.95. The molecular weight excluding hydrogens is 463 g/mol. The first-order chi connectivity index (χ1) is 13.3. The number of aromatic nitrogens is 1. The van der Waals surface area contributed by atoms with Crippen molar-refractivity contribution in [2.75, 3.05) is 13.6 Å². The second-order valence-electron chi connectivity index (χ2n) is 6.14. The predicted octanol–water partition coefficient (Wildman–Crippen LogP) is 4.05. The number of nitrogens with one attached hydrogen (secondary N) is 2. The van der Waals surface area contributed by atoms with Crippen LogP contribution in [0.25, 0.3) is 0 Å². The number of halogens is 1. The molecule has 0 saturated heterocycles. The molecule has 0 saturated carbocycles. The first kappa shape index (κ1) is 21.8. The van der Waals surface area contributed by atoms with E-state index in [0.717, 1.165) is 30.4 Å². The molecule has 0 aliphatic carbocycles. The van der Waals surface area contributed by atoms with Crippen molar-refractivity contribution in [3.63, 3.8) is 0 Å². The van der Waals surface area contributed by atoms with Crippen molar-refractivity contribution in [2.45, 2.75) is 19.7 Å². The highest BCUT2D eigenvalue weighted by Crippen LogP contribution is 2.14. The van der Waals surface area contributed by atoms with Crippen LogP contribution in [0.15, 0.2) is 84.1 Å². The van der Waals surface area contributed by atoms with Gasteiger partial charge in [-0.15, -0.1) is 24.0 Å². The van der Waals surface area contributed by atoms with Crippen LogP contribution < -0.4 is 15.4 Å². The Kier molecular flexibility index (Phi) is 9.41. The third kappa shape index (κ3) is 6.92. The zero-order valence-corrected chi connectivity index (χ0v) is 18.4. The molecule has 0 radical (unpaired) electrons. The van der Waals surface area contributed by atoms with Crippen LogP contribution in [0.5, 0.6) is 5.75 Å². The maximum Gasteiger partial charge on any atom is 0.191 e. The third-order valence-electron chi connectivity index (χ3n) is 4.25. The smallest absolute Gasteiger partial charge is 0.191 e. The van der Waals surface area contributed by atoms with Crippen LogP contribution in [0.4, 0.5) is 0 Å². The van der Waals surface area contributed by atoms with Gasteiger partial charge in [0.05, 0.1) is 0 Å². The molecule has 0 amide bonds. The predicted molar refractivity (Wildman–Crippen MR) is 125 cm³/mol. The second kappa shape index (κ2) is 12.1. The highest BCUT2D eigenvalue weighted by molar-refractivity contribution is 14.0. The van der Waals surface area contributed by atoms with E-state index >= 15 is 0 Å². The van der Waals surface area contributed by atoms with Crippen LogP contribution in [0.2, 0.25) is 0 Å². The molecule has 0 bridgehead atoms. The lowest BCUT2D eigenvalue weighted by Crippen LogP contribution is -2.38. The van der Waals surface area contributed by atoms with Crippen LogP contribution >= 0.6 is 24.0 Å². The van der Waals surface area contributed by atoms with Gasteiger partial charge in [0, 0.05) is 39.1 Å². The highest BCUT2D eigenvalue weighted by atomic mass is 127. The topological polar surface area (TPSA) is 50.6 Å². The molecule has 0 spiro atoms. The van der Waals surface area contributed by atoms with Crippen molar-refractivity contribution < 1.29 is 4.74 Å². The third-order valence-corrected chi connectivity index (χ3v) is 4.25. The van der Waals surface area contributed by atoms with E-state index in [-0.39, 0.29) is 24.0 Å². The van der Waals surface area contributed by atoms with Gasteiger partial charge in [-0.3, -0.25) is 4.99 Å². The number of guanidine groups is 1. The first-order valence-corrected chi connectivity index (χ1v) is 9.15. The minimum Gasteiger partial charge on any atom is -0.489 e. The summed E-state index contributed by atoms with van der Waals surface area (Å²) in [5.41, 5.74) is 2.36. The van der Waals surface area contributed by atoms with Gasteiger partial charge in [-0.05, 0) is 35.4 Å². The molecule has 148 valence electrons. The summed E-state index contributed by atoms with van der Waals surface area (Å²) in [5.74, 6) is 1.67. The lowest BCUT2D eigenvalue weighted by Gasteiger charge is -2.15. The Morgan fingerprint density at radius 3 is 2.29 bits per heavy atom. The Bertz CT molecular complexity index is 835. The first-order valence-electron chi connectivity index (χ1n) is 9.15. The second-order valence-corrected chi connectivity index (χ2v) is 6.14. The monoisotopic (exact) mass is 490 g/mol. The molecule has 0 fully saturated rings. The summed E-state index contributed by atoms with van der Waals surface area (Å²) >= 11 is 0. The Hall–Kier alpha value is -2.48. The summed E-state index contributed by atoms with van der Waals surface area (Å²) in [6, 6.07) is 22.2. The quantitative estimate of drug-likeness (QED) is 0.285. The van der Waals surface area contributed by atoms with Crippen molar-refractivity contribution in [3.8, 4) is 5.75 Å². The number of hydrogen-bond donors (Lipinski definition) is 2. The van der Waals surface area contributed by atoms with Crippen molar-refractivity contribution in [3.05, 3.63) is 90.3 Å². The lowest BCUT2D eigenvalue weighted by atomic mass is 10.1. The van der Waals surface area contributed by atoms with E-state index in [1.807, 2.05) is 54.6 Å². The van der Waals surface area contributed by atoms with Gasteiger partial charge < -0.3 is 19.9 Å². The highest BCUT2D eigenvalue weighted by Gasteiger charge is 2.04. The van der Waals surface area contributed by atoms with Crippen LogP contribution in [-0.4, -0.2) is 24.1 Å². The van der Waals surface area contributed by atoms with Gasteiger partial charge in [-0.25, -0.2) is 0 Å². The molecule has 3 rings (SSSR count). The minimum atomic E-state index is 0. The van der Waals surface area contributed by atoms with E-state index in [9.17, 15) is 0 Å². The molecule has 3 aromatic rings. The van der Waals surface area contributed by atoms with Gasteiger partial charge in [-0.1, -0.05) is 42.5 Å². The molecular formula is C22H27IN4O. The van der Waals surface area contributed by atoms with Crippen molar-refractivity contribution in [2.24, 2.45) is 4.99 Å². The zero-order chi connectivity index (χ0) is 18.7.